The summed E-state index contributed by atoms with van der Waals surface area (Å²) in [5.41, 5.74) is 4.42. The normalized spacial score (nSPS) is 16.0. The molecular formula is C27H36IN5O. The van der Waals surface area contributed by atoms with Crippen molar-refractivity contribution in [3.63, 3.8) is 0 Å². The van der Waals surface area contributed by atoms with Gasteiger partial charge in [-0.15, -0.1) is 24.0 Å². The molecule has 1 atom stereocenters. The van der Waals surface area contributed by atoms with Crippen molar-refractivity contribution in [3.8, 4) is 11.5 Å². The average Bonchev–Trinajstić information content (AvgIpc) is 3.33. The lowest BCUT2D eigenvalue weighted by Gasteiger charge is -2.37. The van der Waals surface area contributed by atoms with E-state index in [1.54, 1.807) is 6.26 Å². The summed E-state index contributed by atoms with van der Waals surface area (Å²) in [4.78, 5) is 11.9. The van der Waals surface area contributed by atoms with Gasteiger partial charge in [-0.25, -0.2) is 9.98 Å². The molecule has 2 N–H and O–H groups in total. The molecule has 2 heterocycles. The minimum absolute atomic E-state index is 0. The second-order valence-corrected chi connectivity index (χ2v) is 8.75. The third kappa shape index (κ3) is 7.06. The SMILES string of the molecule is CCNC(=NCc1coc(-c2ccc(C)cc2)n1)NC1CCN(C(C)c2ccccc2)CC1.I. The number of benzene rings is 2. The van der Waals surface area contributed by atoms with E-state index < -0.39 is 0 Å². The number of hydrogen-bond acceptors (Lipinski definition) is 4. The van der Waals surface area contributed by atoms with E-state index in [0.29, 0.717) is 24.5 Å². The van der Waals surface area contributed by atoms with Crippen molar-refractivity contribution in [3.05, 3.63) is 77.7 Å². The average molecular weight is 574 g/mol. The summed E-state index contributed by atoms with van der Waals surface area (Å²) in [6.45, 7) is 9.93. The Kier molecular flexibility index (Phi) is 9.95. The van der Waals surface area contributed by atoms with Crippen LogP contribution in [0.3, 0.4) is 0 Å². The second kappa shape index (κ2) is 12.9. The fourth-order valence-corrected chi connectivity index (χ4v) is 4.26. The number of nitrogens with one attached hydrogen (secondary N) is 2. The maximum Gasteiger partial charge on any atom is 0.226 e. The lowest BCUT2D eigenvalue weighted by atomic mass is 10.0. The number of nitrogens with zero attached hydrogens (tertiary/aromatic N) is 3. The third-order valence-electron chi connectivity index (χ3n) is 6.29. The number of aliphatic imine (C=N–C) groups is 1. The Morgan fingerprint density at radius 1 is 1.12 bits per heavy atom. The molecule has 0 spiro atoms. The minimum Gasteiger partial charge on any atom is -0.444 e. The lowest BCUT2D eigenvalue weighted by Crippen LogP contribution is -2.49. The fourth-order valence-electron chi connectivity index (χ4n) is 4.26. The van der Waals surface area contributed by atoms with Gasteiger partial charge in [0.15, 0.2) is 5.96 Å². The van der Waals surface area contributed by atoms with Gasteiger partial charge in [-0.05, 0) is 51.3 Å². The van der Waals surface area contributed by atoms with E-state index in [2.05, 4.69) is 83.8 Å². The van der Waals surface area contributed by atoms with Crippen LogP contribution in [0.2, 0.25) is 0 Å². The van der Waals surface area contributed by atoms with E-state index in [1.807, 2.05) is 12.1 Å². The highest BCUT2D eigenvalue weighted by atomic mass is 127. The van der Waals surface area contributed by atoms with Crippen LogP contribution in [-0.2, 0) is 6.54 Å². The van der Waals surface area contributed by atoms with Crippen LogP contribution in [0.4, 0.5) is 0 Å². The van der Waals surface area contributed by atoms with Crippen molar-refractivity contribution >= 4 is 29.9 Å². The molecule has 0 radical (unpaired) electrons. The maximum atomic E-state index is 5.68. The Balaban J connectivity index is 0.00000324. The first-order chi connectivity index (χ1) is 16.1. The van der Waals surface area contributed by atoms with Crippen molar-refractivity contribution < 1.29 is 4.42 Å². The third-order valence-corrected chi connectivity index (χ3v) is 6.29. The number of piperidine rings is 1. The Morgan fingerprint density at radius 3 is 2.50 bits per heavy atom. The van der Waals surface area contributed by atoms with Crippen LogP contribution in [0.1, 0.15) is 49.6 Å². The predicted molar refractivity (Wildman–Crippen MR) is 149 cm³/mol. The highest BCUT2D eigenvalue weighted by Gasteiger charge is 2.24. The van der Waals surface area contributed by atoms with Crippen LogP contribution in [0.15, 0.2) is 70.3 Å². The summed E-state index contributed by atoms with van der Waals surface area (Å²) < 4.78 is 5.68. The number of halogens is 1. The second-order valence-electron chi connectivity index (χ2n) is 8.75. The molecule has 3 aromatic rings. The number of likely N-dealkylation sites (tertiary alicyclic amines) is 1. The van der Waals surface area contributed by atoms with Crippen molar-refractivity contribution in [2.45, 2.75) is 52.2 Å². The fraction of sp³-hybridized carbons (Fsp3) is 0.407. The molecule has 182 valence electrons. The van der Waals surface area contributed by atoms with Crippen LogP contribution < -0.4 is 10.6 Å². The molecule has 4 rings (SSSR count). The van der Waals surface area contributed by atoms with Gasteiger partial charge in [0.05, 0.1) is 6.54 Å². The van der Waals surface area contributed by atoms with Crippen molar-refractivity contribution in [1.82, 2.24) is 20.5 Å². The van der Waals surface area contributed by atoms with Crippen LogP contribution in [0.5, 0.6) is 0 Å². The highest BCUT2D eigenvalue weighted by molar-refractivity contribution is 14.0. The van der Waals surface area contributed by atoms with Gasteiger partial charge in [-0.3, -0.25) is 4.90 Å². The molecule has 34 heavy (non-hydrogen) atoms. The molecule has 0 aliphatic carbocycles. The monoisotopic (exact) mass is 573 g/mol. The molecule has 1 aliphatic rings. The van der Waals surface area contributed by atoms with Crippen LogP contribution in [0, 0.1) is 6.92 Å². The zero-order chi connectivity index (χ0) is 23.0. The topological polar surface area (TPSA) is 65.7 Å². The molecule has 7 heteroatoms. The quantitative estimate of drug-likeness (QED) is 0.221. The van der Waals surface area contributed by atoms with Gasteiger partial charge in [-0.1, -0.05) is 48.0 Å². The summed E-state index contributed by atoms with van der Waals surface area (Å²) in [6.07, 6.45) is 3.90. The molecule has 6 nitrogen and oxygen atoms in total. The lowest BCUT2D eigenvalue weighted by molar-refractivity contribution is 0.158. The van der Waals surface area contributed by atoms with Crippen LogP contribution in [-0.4, -0.2) is 41.5 Å². The number of guanidine groups is 1. The van der Waals surface area contributed by atoms with Crippen LogP contribution in [0.25, 0.3) is 11.5 Å². The van der Waals surface area contributed by atoms with Gasteiger partial charge in [0.1, 0.15) is 12.0 Å². The highest BCUT2D eigenvalue weighted by Crippen LogP contribution is 2.24. The molecular weight excluding hydrogens is 537 g/mol. The summed E-state index contributed by atoms with van der Waals surface area (Å²) in [5.74, 6) is 1.48. The molecule has 1 fully saturated rings. The number of aryl methyl sites for hydroxylation is 1. The summed E-state index contributed by atoms with van der Waals surface area (Å²) in [6, 6.07) is 19.8. The molecule has 2 aromatic carbocycles. The van der Waals surface area contributed by atoms with Gasteiger partial charge >= 0.3 is 0 Å². The molecule has 0 amide bonds. The first-order valence-electron chi connectivity index (χ1n) is 12.0. The number of oxazole rings is 1. The molecule has 1 aliphatic heterocycles. The molecule has 0 bridgehead atoms. The van der Waals surface area contributed by atoms with Crippen molar-refractivity contribution in [2.24, 2.45) is 4.99 Å². The first-order valence-corrected chi connectivity index (χ1v) is 12.0. The first kappa shape index (κ1) is 26.2. The summed E-state index contributed by atoms with van der Waals surface area (Å²) in [7, 11) is 0. The van der Waals surface area contributed by atoms with Gasteiger partial charge in [0.25, 0.3) is 0 Å². The zero-order valence-electron chi connectivity index (χ0n) is 20.3. The van der Waals surface area contributed by atoms with E-state index in [1.165, 1.54) is 11.1 Å². The van der Waals surface area contributed by atoms with Gasteiger partial charge < -0.3 is 15.1 Å². The predicted octanol–water partition coefficient (Wildman–Crippen LogP) is 5.55. The zero-order valence-corrected chi connectivity index (χ0v) is 22.7. The Bertz CT molecular complexity index is 1030. The number of hydrogen-bond donors (Lipinski definition) is 2. The van der Waals surface area contributed by atoms with Gasteiger partial charge in [0, 0.05) is 37.3 Å². The van der Waals surface area contributed by atoms with E-state index in [-0.39, 0.29) is 24.0 Å². The van der Waals surface area contributed by atoms with Crippen molar-refractivity contribution in [1.29, 1.82) is 0 Å². The van der Waals surface area contributed by atoms with E-state index in [9.17, 15) is 0 Å². The maximum absolute atomic E-state index is 5.68. The van der Waals surface area contributed by atoms with Gasteiger partial charge in [0.2, 0.25) is 5.89 Å². The molecule has 0 saturated carbocycles. The molecule has 1 unspecified atom stereocenters. The van der Waals surface area contributed by atoms with Gasteiger partial charge in [-0.2, -0.15) is 0 Å². The molecule has 1 aromatic heterocycles. The standard InChI is InChI=1S/C27H35N5O.HI/c1-4-28-27(29-18-25-19-33-26(30-25)23-12-10-20(2)11-13-23)31-24-14-16-32(17-15-24)21(3)22-8-6-5-7-9-22;/h5-13,19,21,24H,4,14-18H2,1-3H3,(H2,28,29,31);1H. The van der Waals surface area contributed by atoms with E-state index >= 15 is 0 Å². The van der Waals surface area contributed by atoms with E-state index in [4.69, 9.17) is 9.41 Å². The largest absolute Gasteiger partial charge is 0.444 e. The minimum atomic E-state index is 0. The number of aromatic nitrogens is 1. The van der Waals surface area contributed by atoms with E-state index in [0.717, 1.165) is 49.7 Å². The Hall–Kier alpha value is -2.39. The smallest absolute Gasteiger partial charge is 0.226 e. The Morgan fingerprint density at radius 2 is 1.82 bits per heavy atom. The number of rotatable bonds is 7. The molecule has 1 saturated heterocycles. The van der Waals surface area contributed by atoms with Crippen LogP contribution >= 0.6 is 24.0 Å². The Labute approximate surface area is 220 Å². The van der Waals surface area contributed by atoms with Crippen molar-refractivity contribution in [2.75, 3.05) is 19.6 Å². The summed E-state index contributed by atoms with van der Waals surface area (Å²) in [5, 5.41) is 7.00. The summed E-state index contributed by atoms with van der Waals surface area (Å²) >= 11 is 0.